The lowest BCUT2D eigenvalue weighted by Crippen LogP contribution is -2.53. The first-order chi connectivity index (χ1) is 8.03. The predicted molar refractivity (Wildman–Crippen MR) is 61.4 cm³/mol. The fourth-order valence-corrected chi connectivity index (χ4v) is 2.58. The van der Waals surface area contributed by atoms with Crippen molar-refractivity contribution in [3.8, 4) is 0 Å². The summed E-state index contributed by atoms with van der Waals surface area (Å²) in [4.78, 5) is 24.8. The van der Waals surface area contributed by atoms with E-state index in [1.807, 2.05) is 4.90 Å². The molecule has 2 fully saturated rings. The third kappa shape index (κ3) is 2.42. The summed E-state index contributed by atoms with van der Waals surface area (Å²) >= 11 is 0. The molecule has 1 amide bonds. The van der Waals surface area contributed by atoms with Crippen molar-refractivity contribution >= 4 is 11.9 Å². The Labute approximate surface area is 100 Å². The number of carboxylic acids is 1. The molecule has 2 heterocycles. The lowest BCUT2D eigenvalue weighted by atomic mass is 10.0. The standard InChI is InChI=1S/C11H19N3O3/c12-11(10(16)17)4-6-14(7-11)8-3-1-2-5-13-9(8)15/h8H,1-7,12H2,(H,13,15)(H,16,17). The molecule has 17 heavy (non-hydrogen) atoms. The highest BCUT2D eigenvalue weighted by Crippen LogP contribution is 2.24. The van der Waals surface area contributed by atoms with E-state index in [4.69, 9.17) is 10.8 Å². The fraction of sp³-hybridized carbons (Fsp3) is 0.818. The van der Waals surface area contributed by atoms with Crippen molar-refractivity contribution in [1.29, 1.82) is 0 Å². The number of hydrogen-bond donors (Lipinski definition) is 3. The second-order valence-corrected chi connectivity index (χ2v) is 4.98. The van der Waals surface area contributed by atoms with Crippen molar-refractivity contribution in [2.45, 2.75) is 37.3 Å². The predicted octanol–water partition coefficient (Wildman–Crippen LogP) is -0.857. The molecule has 0 saturated carbocycles. The van der Waals surface area contributed by atoms with Crippen LogP contribution in [0.5, 0.6) is 0 Å². The largest absolute Gasteiger partial charge is 0.480 e. The summed E-state index contributed by atoms with van der Waals surface area (Å²) in [6, 6.07) is -0.206. The van der Waals surface area contributed by atoms with Gasteiger partial charge < -0.3 is 16.2 Å². The fourth-order valence-electron chi connectivity index (χ4n) is 2.58. The number of carbonyl (C=O) groups is 2. The molecule has 0 radical (unpaired) electrons. The van der Waals surface area contributed by atoms with Crippen molar-refractivity contribution in [3.05, 3.63) is 0 Å². The first-order valence-electron chi connectivity index (χ1n) is 6.07. The van der Waals surface area contributed by atoms with Crippen LogP contribution < -0.4 is 11.1 Å². The van der Waals surface area contributed by atoms with Crippen LogP contribution in [0.3, 0.4) is 0 Å². The Morgan fingerprint density at radius 3 is 2.94 bits per heavy atom. The van der Waals surface area contributed by atoms with Gasteiger partial charge in [0, 0.05) is 19.6 Å². The molecular formula is C11H19N3O3. The highest BCUT2D eigenvalue weighted by atomic mass is 16.4. The molecule has 0 spiro atoms. The Morgan fingerprint density at radius 2 is 2.29 bits per heavy atom. The Kier molecular flexibility index (Phi) is 3.35. The number of hydrogen-bond acceptors (Lipinski definition) is 4. The second kappa shape index (κ2) is 4.62. The van der Waals surface area contributed by atoms with Crippen molar-refractivity contribution in [3.63, 3.8) is 0 Å². The minimum Gasteiger partial charge on any atom is -0.480 e. The summed E-state index contributed by atoms with van der Waals surface area (Å²) in [6.45, 7) is 1.57. The van der Waals surface area contributed by atoms with Gasteiger partial charge in [0.05, 0.1) is 6.04 Å². The van der Waals surface area contributed by atoms with Crippen molar-refractivity contribution < 1.29 is 14.7 Å². The maximum absolute atomic E-state index is 11.8. The van der Waals surface area contributed by atoms with E-state index in [-0.39, 0.29) is 18.5 Å². The molecule has 6 heteroatoms. The van der Waals surface area contributed by atoms with E-state index < -0.39 is 11.5 Å². The molecule has 0 aliphatic carbocycles. The molecule has 0 aromatic rings. The van der Waals surface area contributed by atoms with E-state index in [9.17, 15) is 9.59 Å². The van der Waals surface area contributed by atoms with Crippen LogP contribution in [-0.4, -0.2) is 53.1 Å². The molecule has 2 aliphatic rings. The van der Waals surface area contributed by atoms with Crippen molar-refractivity contribution in [2.24, 2.45) is 5.73 Å². The minimum absolute atomic E-state index is 0.0112. The topological polar surface area (TPSA) is 95.7 Å². The Balaban J connectivity index is 2.04. The summed E-state index contributed by atoms with van der Waals surface area (Å²) in [5, 5.41) is 11.9. The Bertz CT molecular complexity index is 334. The number of rotatable bonds is 2. The van der Waals surface area contributed by atoms with Gasteiger partial charge in [-0.25, -0.2) is 0 Å². The molecule has 2 rings (SSSR count). The van der Waals surface area contributed by atoms with Gasteiger partial charge in [-0.2, -0.15) is 0 Å². The van der Waals surface area contributed by atoms with Crippen LogP contribution >= 0.6 is 0 Å². The van der Waals surface area contributed by atoms with E-state index in [0.717, 1.165) is 25.8 Å². The molecule has 0 aromatic carbocycles. The molecule has 6 nitrogen and oxygen atoms in total. The number of nitrogens with two attached hydrogens (primary N) is 1. The van der Waals surface area contributed by atoms with Gasteiger partial charge in [-0.3, -0.25) is 14.5 Å². The first-order valence-corrected chi connectivity index (χ1v) is 6.07. The summed E-state index contributed by atoms with van der Waals surface area (Å²) in [6.07, 6.45) is 3.18. The van der Waals surface area contributed by atoms with Crippen LogP contribution in [0.1, 0.15) is 25.7 Å². The van der Waals surface area contributed by atoms with Crippen LogP contribution in [0.4, 0.5) is 0 Å². The zero-order valence-corrected chi connectivity index (χ0v) is 9.82. The number of amides is 1. The van der Waals surface area contributed by atoms with Crippen LogP contribution in [0.2, 0.25) is 0 Å². The maximum atomic E-state index is 11.8. The summed E-state index contributed by atoms with van der Waals surface area (Å²) < 4.78 is 0. The lowest BCUT2D eigenvalue weighted by Gasteiger charge is -2.26. The Morgan fingerprint density at radius 1 is 1.53 bits per heavy atom. The summed E-state index contributed by atoms with van der Waals surface area (Å²) in [5.41, 5.74) is 4.62. The number of carbonyl (C=O) groups excluding carboxylic acids is 1. The molecule has 2 unspecified atom stereocenters. The van der Waals surface area contributed by atoms with Crippen LogP contribution in [-0.2, 0) is 9.59 Å². The second-order valence-electron chi connectivity index (χ2n) is 4.98. The van der Waals surface area contributed by atoms with Crippen LogP contribution in [0, 0.1) is 0 Å². The van der Waals surface area contributed by atoms with Gasteiger partial charge >= 0.3 is 5.97 Å². The normalized spacial score (nSPS) is 35.4. The number of nitrogens with zero attached hydrogens (tertiary/aromatic N) is 1. The highest BCUT2D eigenvalue weighted by molar-refractivity contribution is 5.83. The van der Waals surface area contributed by atoms with E-state index in [0.29, 0.717) is 13.0 Å². The zero-order chi connectivity index (χ0) is 12.5. The van der Waals surface area contributed by atoms with E-state index in [2.05, 4.69) is 5.32 Å². The number of nitrogens with one attached hydrogen (secondary N) is 1. The molecule has 2 atom stereocenters. The van der Waals surface area contributed by atoms with Gasteiger partial charge in [0.1, 0.15) is 5.54 Å². The zero-order valence-electron chi connectivity index (χ0n) is 9.82. The number of aliphatic carboxylic acids is 1. The molecule has 96 valence electrons. The van der Waals surface area contributed by atoms with Gasteiger partial charge in [0.15, 0.2) is 0 Å². The van der Waals surface area contributed by atoms with Crippen LogP contribution in [0.25, 0.3) is 0 Å². The van der Waals surface area contributed by atoms with E-state index in [1.54, 1.807) is 0 Å². The number of carboxylic acid groups (broad SMARTS) is 1. The minimum atomic E-state index is -1.19. The summed E-state index contributed by atoms with van der Waals surface area (Å²) in [7, 11) is 0. The SMILES string of the molecule is NC1(C(=O)O)CCN(C2CCCCNC2=O)C1. The van der Waals surface area contributed by atoms with Crippen molar-refractivity contribution in [2.75, 3.05) is 19.6 Å². The smallest absolute Gasteiger partial charge is 0.325 e. The third-order valence-corrected chi connectivity index (χ3v) is 3.70. The van der Waals surface area contributed by atoms with Gasteiger partial charge in [0.2, 0.25) is 5.91 Å². The molecule has 0 bridgehead atoms. The molecular weight excluding hydrogens is 222 g/mol. The molecule has 2 saturated heterocycles. The quantitative estimate of drug-likeness (QED) is 0.585. The van der Waals surface area contributed by atoms with Gasteiger partial charge in [-0.1, -0.05) is 0 Å². The molecule has 4 N–H and O–H groups in total. The average Bonchev–Trinajstić information content (AvgIpc) is 2.54. The van der Waals surface area contributed by atoms with Crippen molar-refractivity contribution in [1.82, 2.24) is 10.2 Å². The van der Waals surface area contributed by atoms with Gasteiger partial charge in [-0.05, 0) is 25.7 Å². The van der Waals surface area contributed by atoms with E-state index >= 15 is 0 Å². The van der Waals surface area contributed by atoms with E-state index in [1.165, 1.54) is 0 Å². The lowest BCUT2D eigenvalue weighted by molar-refractivity contribution is -0.143. The van der Waals surface area contributed by atoms with Crippen LogP contribution in [0.15, 0.2) is 0 Å². The maximum Gasteiger partial charge on any atom is 0.325 e. The first kappa shape index (κ1) is 12.3. The number of likely N-dealkylation sites (tertiary alicyclic amines) is 1. The third-order valence-electron chi connectivity index (χ3n) is 3.70. The average molecular weight is 241 g/mol. The monoisotopic (exact) mass is 241 g/mol. The molecule has 0 aromatic heterocycles. The molecule has 2 aliphatic heterocycles. The Hall–Kier alpha value is -1.14. The van der Waals surface area contributed by atoms with Gasteiger partial charge in [0.25, 0.3) is 0 Å². The highest BCUT2D eigenvalue weighted by Gasteiger charge is 2.44. The van der Waals surface area contributed by atoms with Gasteiger partial charge in [-0.15, -0.1) is 0 Å². The summed E-state index contributed by atoms with van der Waals surface area (Å²) in [5.74, 6) is -0.967.